The van der Waals surface area contributed by atoms with Gasteiger partial charge in [0.05, 0.1) is 12.7 Å². The van der Waals surface area contributed by atoms with Crippen LogP contribution < -0.4 is 11.1 Å². The number of carbonyl (C=O) groups is 1. The van der Waals surface area contributed by atoms with E-state index in [-0.39, 0.29) is 12.0 Å². The topological polar surface area (TPSA) is 73.6 Å². The van der Waals surface area contributed by atoms with Crippen molar-refractivity contribution in [3.63, 3.8) is 0 Å². The molecule has 0 aliphatic carbocycles. The molecule has 0 saturated carbocycles. The van der Waals surface area contributed by atoms with Crippen LogP contribution in [0.15, 0.2) is 24.3 Å². The normalized spacial score (nSPS) is 20.2. The van der Waals surface area contributed by atoms with Gasteiger partial charge in [0.25, 0.3) is 5.91 Å². The maximum absolute atomic E-state index is 12.1. The largest absolute Gasteiger partial charge is 0.379 e. The lowest BCUT2D eigenvalue weighted by molar-refractivity contribution is -0.129. The van der Waals surface area contributed by atoms with E-state index in [0.717, 1.165) is 17.7 Å². The van der Waals surface area contributed by atoms with Gasteiger partial charge in [0, 0.05) is 18.8 Å². The van der Waals surface area contributed by atoms with E-state index in [9.17, 15) is 4.79 Å². The highest BCUT2D eigenvalue weighted by molar-refractivity contribution is 5.94. The summed E-state index contributed by atoms with van der Waals surface area (Å²) in [6.07, 6.45) is 0.361. The molecule has 2 atom stereocenters. The highest BCUT2D eigenvalue weighted by Crippen LogP contribution is 2.16. The van der Waals surface area contributed by atoms with Gasteiger partial charge in [-0.2, -0.15) is 0 Å². The van der Waals surface area contributed by atoms with Crippen LogP contribution in [0.3, 0.4) is 0 Å². The molecule has 3 N–H and O–H groups in total. The van der Waals surface area contributed by atoms with E-state index in [1.165, 1.54) is 0 Å². The fourth-order valence-corrected chi connectivity index (χ4v) is 2.03. The number of carbonyl (C=O) groups excluding carboxylic acids is 1. The average molecular weight is 264 g/mol. The summed E-state index contributed by atoms with van der Waals surface area (Å²) in [6, 6.07) is 7.50. The zero-order valence-corrected chi connectivity index (χ0v) is 11.1. The fourth-order valence-electron chi connectivity index (χ4n) is 2.03. The average Bonchev–Trinajstić information content (AvgIpc) is 2.92. The van der Waals surface area contributed by atoms with Gasteiger partial charge in [0.1, 0.15) is 6.10 Å². The molecule has 1 heterocycles. The molecule has 1 amide bonds. The van der Waals surface area contributed by atoms with E-state index >= 15 is 0 Å². The number of benzene rings is 1. The van der Waals surface area contributed by atoms with Crippen molar-refractivity contribution >= 4 is 11.6 Å². The Morgan fingerprint density at radius 2 is 2.37 bits per heavy atom. The monoisotopic (exact) mass is 264 g/mol. The molecular formula is C14H20N2O3. The summed E-state index contributed by atoms with van der Waals surface area (Å²) in [5, 5.41) is 2.85. The highest BCUT2D eigenvalue weighted by Gasteiger charge is 2.23. The second-order valence-corrected chi connectivity index (χ2v) is 4.61. The first-order chi connectivity index (χ1) is 9.20. The summed E-state index contributed by atoms with van der Waals surface area (Å²) >= 11 is 0. The summed E-state index contributed by atoms with van der Waals surface area (Å²) in [5.41, 5.74) is 7.29. The van der Waals surface area contributed by atoms with Crippen LogP contribution in [-0.4, -0.2) is 31.3 Å². The number of nitrogens with two attached hydrogens (primary N) is 1. The van der Waals surface area contributed by atoms with Crippen LogP contribution >= 0.6 is 0 Å². The Balaban J connectivity index is 1.92. The lowest BCUT2D eigenvalue weighted by Crippen LogP contribution is -2.32. The van der Waals surface area contributed by atoms with Gasteiger partial charge in [0.15, 0.2) is 0 Å². The predicted octanol–water partition coefficient (Wildman–Crippen LogP) is 1.28. The van der Waals surface area contributed by atoms with Crippen molar-refractivity contribution in [2.75, 3.05) is 18.5 Å². The maximum atomic E-state index is 12.1. The number of nitrogens with one attached hydrogen (secondary N) is 1. The smallest absolute Gasteiger partial charge is 0.253 e. The standard InChI is InChI=1S/C14H20N2O3/c1-10(19-12-6-7-18-9-12)14(17)16-13-5-3-2-4-11(13)8-15/h2-5,10,12H,6-9,15H2,1H3,(H,16,17). The lowest BCUT2D eigenvalue weighted by atomic mass is 10.1. The van der Waals surface area contributed by atoms with E-state index < -0.39 is 6.10 Å². The lowest BCUT2D eigenvalue weighted by Gasteiger charge is -2.18. The Labute approximate surface area is 113 Å². The van der Waals surface area contributed by atoms with E-state index in [1.54, 1.807) is 6.92 Å². The summed E-state index contributed by atoms with van der Waals surface area (Å²) in [7, 11) is 0. The van der Waals surface area contributed by atoms with Gasteiger partial charge < -0.3 is 20.5 Å². The van der Waals surface area contributed by atoms with Gasteiger partial charge in [0.2, 0.25) is 0 Å². The molecule has 1 aromatic carbocycles. The SMILES string of the molecule is CC(OC1CCOC1)C(=O)Nc1ccccc1CN. The number of hydrogen-bond acceptors (Lipinski definition) is 4. The second-order valence-electron chi connectivity index (χ2n) is 4.61. The Morgan fingerprint density at radius 1 is 1.58 bits per heavy atom. The van der Waals surface area contributed by atoms with Gasteiger partial charge >= 0.3 is 0 Å². The molecule has 1 fully saturated rings. The van der Waals surface area contributed by atoms with Crippen LogP contribution in [0.1, 0.15) is 18.9 Å². The predicted molar refractivity (Wildman–Crippen MR) is 72.7 cm³/mol. The van der Waals surface area contributed by atoms with Crippen molar-refractivity contribution < 1.29 is 14.3 Å². The van der Waals surface area contributed by atoms with Crippen LogP contribution in [0, 0.1) is 0 Å². The van der Waals surface area contributed by atoms with Crippen molar-refractivity contribution in [1.82, 2.24) is 0 Å². The zero-order valence-electron chi connectivity index (χ0n) is 11.1. The Kier molecular flexibility index (Phi) is 4.90. The van der Waals surface area contributed by atoms with Crippen LogP contribution in [0.5, 0.6) is 0 Å². The van der Waals surface area contributed by atoms with E-state index in [4.69, 9.17) is 15.2 Å². The van der Waals surface area contributed by atoms with Gasteiger partial charge in [-0.25, -0.2) is 0 Å². The van der Waals surface area contributed by atoms with E-state index in [1.807, 2.05) is 24.3 Å². The van der Waals surface area contributed by atoms with Crippen LogP contribution in [-0.2, 0) is 20.8 Å². The van der Waals surface area contributed by atoms with Crippen LogP contribution in [0.4, 0.5) is 5.69 Å². The Bertz CT molecular complexity index is 430. The third-order valence-electron chi connectivity index (χ3n) is 3.15. The summed E-state index contributed by atoms with van der Waals surface area (Å²) in [5.74, 6) is -0.159. The molecule has 1 aromatic rings. The zero-order chi connectivity index (χ0) is 13.7. The molecule has 0 aromatic heterocycles. The van der Waals surface area contributed by atoms with Crippen LogP contribution in [0.2, 0.25) is 0 Å². The molecule has 1 aliphatic rings. The number of para-hydroxylation sites is 1. The summed E-state index contributed by atoms with van der Waals surface area (Å²) in [4.78, 5) is 12.1. The molecule has 0 spiro atoms. The van der Waals surface area contributed by atoms with Crippen molar-refractivity contribution in [2.45, 2.75) is 32.1 Å². The van der Waals surface area contributed by atoms with Gasteiger partial charge in [-0.3, -0.25) is 4.79 Å². The minimum absolute atomic E-state index is 0.0190. The molecule has 19 heavy (non-hydrogen) atoms. The van der Waals surface area contributed by atoms with Crippen LogP contribution in [0.25, 0.3) is 0 Å². The van der Waals surface area contributed by atoms with E-state index in [2.05, 4.69) is 5.32 Å². The van der Waals surface area contributed by atoms with E-state index in [0.29, 0.717) is 19.8 Å². The van der Waals surface area contributed by atoms with Crippen molar-refractivity contribution in [2.24, 2.45) is 5.73 Å². The minimum Gasteiger partial charge on any atom is -0.379 e. The third kappa shape index (κ3) is 3.76. The van der Waals surface area contributed by atoms with Crippen molar-refractivity contribution in [3.8, 4) is 0 Å². The molecule has 1 aliphatic heterocycles. The Hall–Kier alpha value is -1.43. The fraction of sp³-hybridized carbons (Fsp3) is 0.500. The molecule has 104 valence electrons. The second kappa shape index (κ2) is 6.65. The molecule has 0 radical (unpaired) electrons. The Morgan fingerprint density at radius 3 is 3.05 bits per heavy atom. The molecule has 2 rings (SSSR count). The molecular weight excluding hydrogens is 244 g/mol. The first-order valence-corrected chi connectivity index (χ1v) is 6.52. The maximum Gasteiger partial charge on any atom is 0.253 e. The minimum atomic E-state index is -0.502. The summed E-state index contributed by atoms with van der Waals surface area (Å²) in [6.45, 7) is 3.41. The number of rotatable bonds is 5. The third-order valence-corrected chi connectivity index (χ3v) is 3.15. The number of hydrogen-bond donors (Lipinski definition) is 2. The molecule has 2 unspecified atom stereocenters. The first kappa shape index (κ1) is 14.0. The first-order valence-electron chi connectivity index (χ1n) is 6.52. The number of anilines is 1. The summed E-state index contributed by atoms with van der Waals surface area (Å²) < 4.78 is 10.9. The number of ether oxygens (including phenoxy) is 2. The highest BCUT2D eigenvalue weighted by atomic mass is 16.6. The quantitative estimate of drug-likeness (QED) is 0.840. The molecule has 5 heteroatoms. The van der Waals surface area contributed by atoms with Gasteiger partial charge in [-0.1, -0.05) is 18.2 Å². The van der Waals surface area contributed by atoms with Gasteiger partial charge in [-0.05, 0) is 25.0 Å². The van der Waals surface area contributed by atoms with Gasteiger partial charge in [-0.15, -0.1) is 0 Å². The molecule has 0 bridgehead atoms. The van der Waals surface area contributed by atoms with Crippen molar-refractivity contribution in [3.05, 3.63) is 29.8 Å². The number of amides is 1. The molecule has 5 nitrogen and oxygen atoms in total. The molecule has 1 saturated heterocycles. The van der Waals surface area contributed by atoms with Crippen molar-refractivity contribution in [1.29, 1.82) is 0 Å².